The Labute approximate surface area is 111 Å². The molecule has 19 heavy (non-hydrogen) atoms. The summed E-state index contributed by atoms with van der Waals surface area (Å²) in [7, 11) is 3.19. The number of aromatic nitrogens is 1. The Morgan fingerprint density at radius 3 is 3.00 bits per heavy atom. The molecule has 0 aromatic carbocycles. The zero-order valence-corrected chi connectivity index (χ0v) is 10.8. The van der Waals surface area contributed by atoms with Crippen molar-refractivity contribution in [1.82, 2.24) is 9.88 Å². The van der Waals surface area contributed by atoms with E-state index in [4.69, 9.17) is 9.15 Å². The van der Waals surface area contributed by atoms with Gasteiger partial charge in [-0.2, -0.15) is 0 Å². The van der Waals surface area contributed by atoms with Gasteiger partial charge in [0.2, 0.25) is 5.88 Å². The second-order valence-corrected chi connectivity index (χ2v) is 3.93. The Kier molecular flexibility index (Phi) is 4.02. The van der Waals surface area contributed by atoms with Crippen molar-refractivity contribution in [2.24, 2.45) is 0 Å². The number of hydrogen-bond acceptors (Lipinski definition) is 4. The summed E-state index contributed by atoms with van der Waals surface area (Å²) in [5, 5.41) is 2.73. The van der Waals surface area contributed by atoms with Crippen LogP contribution in [0.1, 0.15) is 5.76 Å². The quantitative estimate of drug-likeness (QED) is 0.917. The molecule has 2 rings (SSSR count). The van der Waals surface area contributed by atoms with E-state index in [0.29, 0.717) is 18.1 Å². The van der Waals surface area contributed by atoms with E-state index >= 15 is 0 Å². The SMILES string of the molecule is COc1ncccc1NC(=O)N(C)Cc1ccco1. The zero-order valence-electron chi connectivity index (χ0n) is 10.8. The number of carbonyl (C=O) groups is 1. The number of nitrogens with zero attached hydrogens (tertiary/aromatic N) is 2. The lowest BCUT2D eigenvalue weighted by Crippen LogP contribution is -2.30. The van der Waals surface area contributed by atoms with Crippen LogP contribution < -0.4 is 10.1 Å². The molecule has 0 atom stereocenters. The van der Waals surface area contributed by atoms with Crippen LogP contribution in [-0.2, 0) is 6.54 Å². The Bertz CT molecular complexity index is 540. The van der Waals surface area contributed by atoms with Gasteiger partial charge in [0.15, 0.2) is 0 Å². The first kappa shape index (κ1) is 12.9. The van der Waals surface area contributed by atoms with E-state index in [2.05, 4.69) is 10.3 Å². The van der Waals surface area contributed by atoms with Crippen LogP contribution in [-0.4, -0.2) is 30.1 Å². The topological polar surface area (TPSA) is 67.6 Å². The molecule has 0 saturated carbocycles. The molecule has 0 radical (unpaired) electrons. The molecule has 6 heteroatoms. The summed E-state index contributed by atoms with van der Waals surface area (Å²) in [6.45, 7) is 0.390. The smallest absolute Gasteiger partial charge is 0.322 e. The minimum absolute atomic E-state index is 0.261. The lowest BCUT2D eigenvalue weighted by atomic mass is 10.4. The molecule has 2 aromatic rings. The van der Waals surface area contributed by atoms with Gasteiger partial charge in [-0.25, -0.2) is 9.78 Å². The average Bonchev–Trinajstić information content (AvgIpc) is 2.92. The molecule has 0 unspecified atom stereocenters. The first-order chi connectivity index (χ1) is 9.20. The van der Waals surface area contributed by atoms with Gasteiger partial charge in [-0.1, -0.05) is 0 Å². The zero-order chi connectivity index (χ0) is 13.7. The van der Waals surface area contributed by atoms with Gasteiger partial charge in [0.25, 0.3) is 0 Å². The first-order valence-corrected chi connectivity index (χ1v) is 5.74. The standard InChI is InChI=1S/C13H15N3O3/c1-16(9-10-5-4-8-19-10)13(17)15-11-6-3-7-14-12(11)18-2/h3-8H,9H2,1-2H3,(H,15,17). The fourth-order valence-electron chi connectivity index (χ4n) is 1.57. The average molecular weight is 261 g/mol. The highest BCUT2D eigenvalue weighted by Crippen LogP contribution is 2.20. The maximum absolute atomic E-state index is 12.0. The Morgan fingerprint density at radius 1 is 1.47 bits per heavy atom. The summed E-state index contributed by atoms with van der Waals surface area (Å²) in [6.07, 6.45) is 3.17. The van der Waals surface area contributed by atoms with Crippen molar-refractivity contribution in [1.29, 1.82) is 0 Å². The predicted octanol–water partition coefficient (Wildman–Crippen LogP) is 2.35. The van der Waals surface area contributed by atoms with Crippen molar-refractivity contribution < 1.29 is 13.9 Å². The van der Waals surface area contributed by atoms with Crippen LogP contribution in [0.25, 0.3) is 0 Å². The number of urea groups is 1. The van der Waals surface area contributed by atoms with E-state index in [9.17, 15) is 4.79 Å². The fraction of sp³-hybridized carbons (Fsp3) is 0.231. The van der Waals surface area contributed by atoms with Crippen molar-refractivity contribution in [3.05, 3.63) is 42.5 Å². The number of carbonyl (C=O) groups excluding carboxylic acids is 1. The van der Waals surface area contributed by atoms with E-state index in [1.165, 1.54) is 12.0 Å². The van der Waals surface area contributed by atoms with Gasteiger partial charge in [0.05, 0.1) is 19.9 Å². The third-order valence-electron chi connectivity index (χ3n) is 2.53. The number of pyridine rings is 1. The Balaban J connectivity index is 2.00. The molecule has 100 valence electrons. The highest BCUT2D eigenvalue weighted by atomic mass is 16.5. The number of anilines is 1. The van der Waals surface area contributed by atoms with Crippen molar-refractivity contribution in [2.75, 3.05) is 19.5 Å². The largest absolute Gasteiger partial charge is 0.480 e. The molecular weight excluding hydrogens is 246 g/mol. The molecule has 0 fully saturated rings. The fourth-order valence-corrected chi connectivity index (χ4v) is 1.57. The van der Waals surface area contributed by atoms with Crippen LogP contribution in [0.4, 0.5) is 10.5 Å². The van der Waals surface area contributed by atoms with Crippen LogP contribution in [0.2, 0.25) is 0 Å². The normalized spacial score (nSPS) is 10.0. The van der Waals surface area contributed by atoms with Crippen molar-refractivity contribution >= 4 is 11.7 Å². The summed E-state index contributed by atoms with van der Waals surface area (Å²) >= 11 is 0. The van der Waals surface area contributed by atoms with Crippen molar-refractivity contribution in [3.8, 4) is 5.88 Å². The molecule has 6 nitrogen and oxygen atoms in total. The summed E-state index contributed by atoms with van der Waals surface area (Å²) in [6, 6.07) is 6.79. The van der Waals surface area contributed by atoms with Crippen LogP contribution in [0.15, 0.2) is 41.1 Å². The molecule has 2 amide bonds. The van der Waals surface area contributed by atoms with Crippen LogP contribution >= 0.6 is 0 Å². The van der Waals surface area contributed by atoms with Crippen molar-refractivity contribution in [2.45, 2.75) is 6.54 Å². The lowest BCUT2D eigenvalue weighted by Gasteiger charge is -2.17. The number of amides is 2. The van der Waals surface area contributed by atoms with Crippen LogP contribution in [0.3, 0.4) is 0 Å². The van der Waals surface area contributed by atoms with E-state index in [1.807, 2.05) is 6.07 Å². The molecule has 2 heterocycles. The van der Waals surface area contributed by atoms with E-state index in [0.717, 1.165) is 5.76 Å². The van der Waals surface area contributed by atoms with E-state index in [-0.39, 0.29) is 6.03 Å². The second kappa shape index (κ2) is 5.90. The predicted molar refractivity (Wildman–Crippen MR) is 70.0 cm³/mol. The van der Waals surface area contributed by atoms with E-state index < -0.39 is 0 Å². The molecule has 0 bridgehead atoms. The van der Waals surface area contributed by atoms with Crippen LogP contribution in [0.5, 0.6) is 5.88 Å². The molecular formula is C13H15N3O3. The lowest BCUT2D eigenvalue weighted by molar-refractivity contribution is 0.216. The van der Waals surface area contributed by atoms with Gasteiger partial charge < -0.3 is 19.4 Å². The first-order valence-electron chi connectivity index (χ1n) is 5.74. The van der Waals surface area contributed by atoms with Crippen LogP contribution in [0, 0.1) is 0 Å². The van der Waals surface area contributed by atoms with Gasteiger partial charge in [-0.3, -0.25) is 0 Å². The maximum Gasteiger partial charge on any atom is 0.322 e. The second-order valence-electron chi connectivity index (χ2n) is 3.93. The van der Waals surface area contributed by atoms with Gasteiger partial charge in [-0.05, 0) is 24.3 Å². The molecule has 1 N–H and O–H groups in total. The molecule has 2 aromatic heterocycles. The number of hydrogen-bond donors (Lipinski definition) is 1. The number of furan rings is 1. The van der Waals surface area contributed by atoms with Crippen molar-refractivity contribution in [3.63, 3.8) is 0 Å². The molecule has 0 aliphatic carbocycles. The number of methoxy groups -OCH3 is 1. The minimum atomic E-state index is -0.261. The third kappa shape index (κ3) is 3.25. The highest BCUT2D eigenvalue weighted by molar-refractivity contribution is 5.90. The Morgan fingerprint density at radius 2 is 2.32 bits per heavy atom. The summed E-state index contributed by atoms with van der Waals surface area (Å²) in [5.74, 6) is 1.10. The number of nitrogens with one attached hydrogen (secondary N) is 1. The van der Waals surface area contributed by atoms with E-state index in [1.54, 1.807) is 37.7 Å². The van der Waals surface area contributed by atoms with Gasteiger partial charge in [-0.15, -0.1) is 0 Å². The minimum Gasteiger partial charge on any atom is -0.480 e. The maximum atomic E-state index is 12.0. The molecule has 0 aliphatic heterocycles. The molecule has 0 aliphatic rings. The molecule has 0 spiro atoms. The third-order valence-corrected chi connectivity index (χ3v) is 2.53. The Hall–Kier alpha value is -2.50. The van der Waals surface area contributed by atoms with Gasteiger partial charge in [0.1, 0.15) is 11.4 Å². The number of ether oxygens (including phenoxy) is 1. The highest BCUT2D eigenvalue weighted by Gasteiger charge is 2.13. The summed E-state index contributed by atoms with van der Waals surface area (Å²) in [4.78, 5) is 17.5. The van der Waals surface area contributed by atoms with Gasteiger partial charge >= 0.3 is 6.03 Å². The van der Waals surface area contributed by atoms with Gasteiger partial charge in [0, 0.05) is 13.2 Å². The monoisotopic (exact) mass is 261 g/mol. The molecule has 0 saturated heterocycles. The number of rotatable bonds is 4. The summed E-state index contributed by atoms with van der Waals surface area (Å²) < 4.78 is 10.3. The summed E-state index contributed by atoms with van der Waals surface area (Å²) in [5.41, 5.74) is 0.529.